The summed E-state index contributed by atoms with van der Waals surface area (Å²) in [7, 11) is 0. The molecule has 0 saturated carbocycles. The van der Waals surface area contributed by atoms with Crippen molar-refractivity contribution in [1.82, 2.24) is 0 Å². The molecule has 0 aliphatic rings. The van der Waals surface area contributed by atoms with Crippen LogP contribution in [0.25, 0.3) is 0 Å². The number of halogens is 2. The van der Waals surface area contributed by atoms with E-state index in [4.69, 9.17) is 22.1 Å². The van der Waals surface area contributed by atoms with Crippen molar-refractivity contribution >= 4 is 33.2 Å². The molecule has 0 amide bonds. The van der Waals surface area contributed by atoms with Gasteiger partial charge in [-0.05, 0) is 42.8 Å². The van der Waals surface area contributed by atoms with Crippen LogP contribution in [0.15, 0.2) is 40.9 Å². The van der Waals surface area contributed by atoms with E-state index in [0.29, 0.717) is 17.3 Å². The van der Waals surface area contributed by atoms with Crippen LogP contribution in [0.1, 0.15) is 11.1 Å². The molecule has 0 aromatic heterocycles. The Morgan fingerprint density at radius 2 is 2.06 bits per heavy atom. The summed E-state index contributed by atoms with van der Waals surface area (Å²) < 4.78 is 6.77. The van der Waals surface area contributed by atoms with Crippen LogP contribution in [0.5, 0.6) is 5.75 Å². The van der Waals surface area contributed by atoms with E-state index in [9.17, 15) is 0 Å². The summed E-state index contributed by atoms with van der Waals surface area (Å²) in [5.41, 5.74) is 8.46. The molecule has 0 atom stereocenters. The molecule has 0 fully saturated rings. The van der Waals surface area contributed by atoms with E-state index >= 15 is 0 Å². The van der Waals surface area contributed by atoms with E-state index in [1.165, 1.54) is 0 Å². The van der Waals surface area contributed by atoms with Crippen molar-refractivity contribution in [3.05, 3.63) is 57.0 Å². The second kappa shape index (κ2) is 5.63. The smallest absolute Gasteiger partial charge is 0.120 e. The lowest BCUT2D eigenvalue weighted by molar-refractivity contribution is 0.307. The van der Waals surface area contributed by atoms with E-state index in [-0.39, 0.29) is 0 Å². The van der Waals surface area contributed by atoms with Crippen LogP contribution >= 0.6 is 27.5 Å². The predicted octanol–water partition coefficient (Wildman–Crippen LogP) is 4.57. The fourth-order valence-electron chi connectivity index (χ4n) is 1.59. The highest BCUT2D eigenvalue weighted by molar-refractivity contribution is 9.10. The fraction of sp³-hybridized carbons (Fsp3) is 0.143. The highest BCUT2D eigenvalue weighted by atomic mass is 79.9. The van der Waals surface area contributed by atoms with Gasteiger partial charge in [-0.15, -0.1) is 0 Å². The summed E-state index contributed by atoms with van der Waals surface area (Å²) in [5, 5.41) is 0.629. The first-order chi connectivity index (χ1) is 8.58. The minimum absolute atomic E-state index is 0.368. The molecular formula is C14H13BrClNO. The second-order valence-corrected chi connectivity index (χ2v) is 5.27. The Morgan fingerprint density at radius 3 is 2.72 bits per heavy atom. The molecule has 18 heavy (non-hydrogen) atoms. The van der Waals surface area contributed by atoms with E-state index in [1.807, 2.05) is 43.3 Å². The van der Waals surface area contributed by atoms with Gasteiger partial charge in [0, 0.05) is 20.7 Å². The van der Waals surface area contributed by atoms with Crippen LogP contribution in [-0.2, 0) is 6.61 Å². The molecule has 0 saturated heterocycles. The summed E-state index contributed by atoms with van der Waals surface area (Å²) in [6.07, 6.45) is 0. The second-order valence-electron chi connectivity index (χ2n) is 4.01. The molecule has 2 N–H and O–H groups in total. The number of hydrogen-bond donors (Lipinski definition) is 1. The van der Waals surface area contributed by atoms with Gasteiger partial charge in [0.1, 0.15) is 12.4 Å². The first-order valence-corrected chi connectivity index (χ1v) is 6.67. The van der Waals surface area contributed by atoms with Gasteiger partial charge in [-0.2, -0.15) is 0 Å². The lowest BCUT2D eigenvalue weighted by atomic mass is 10.2. The Labute approximate surface area is 120 Å². The molecule has 94 valence electrons. The first kappa shape index (κ1) is 13.2. The summed E-state index contributed by atoms with van der Waals surface area (Å²) in [6.45, 7) is 2.38. The van der Waals surface area contributed by atoms with E-state index in [2.05, 4.69) is 15.9 Å². The van der Waals surface area contributed by atoms with Crippen LogP contribution in [0, 0.1) is 6.92 Å². The van der Waals surface area contributed by atoms with Crippen molar-refractivity contribution in [2.24, 2.45) is 0 Å². The number of rotatable bonds is 3. The summed E-state index contributed by atoms with van der Waals surface area (Å²) >= 11 is 9.54. The van der Waals surface area contributed by atoms with Crippen molar-refractivity contribution in [2.75, 3.05) is 5.73 Å². The summed E-state index contributed by atoms with van der Waals surface area (Å²) in [5.74, 6) is 0.801. The van der Waals surface area contributed by atoms with Crippen LogP contribution < -0.4 is 10.5 Å². The van der Waals surface area contributed by atoms with Gasteiger partial charge >= 0.3 is 0 Å². The number of aryl methyl sites for hydroxylation is 1. The molecule has 0 spiro atoms. The molecule has 0 heterocycles. The third-order valence-electron chi connectivity index (χ3n) is 2.67. The van der Waals surface area contributed by atoms with Crippen molar-refractivity contribution in [3.8, 4) is 5.75 Å². The SMILES string of the molecule is Cc1cc(OCc2c(N)cccc2Cl)ccc1Br. The van der Waals surface area contributed by atoms with Gasteiger partial charge in [-0.1, -0.05) is 33.6 Å². The van der Waals surface area contributed by atoms with Crippen molar-refractivity contribution < 1.29 is 4.74 Å². The van der Waals surface area contributed by atoms with Gasteiger partial charge in [0.25, 0.3) is 0 Å². The maximum Gasteiger partial charge on any atom is 0.120 e. The molecule has 0 aliphatic carbocycles. The topological polar surface area (TPSA) is 35.2 Å². The number of ether oxygens (including phenoxy) is 1. The predicted molar refractivity (Wildman–Crippen MR) is 79.1 cm³/mol. The third-order valence-corrected chi connectivity index (χ3v) is 3.91. The van der Waals surface area contributed by atoms with Gasteiger partial charge in [-0.25, -0.2) is 0 Å². The lowest BCUT2D eigenvalue weighted by Gasteiger charge is -2.11. The number of hydrogen-bond acceptors (Lipinski definition) is 2. The zero-order chi connectivity index (χ0) is 13.1. The number of anilines is 1. The average molecular weight is 327 g/mol. The molecule has 2 nitrogen and oxygen atoms in total. The molecule has 0 radical (unpaired) electrons. The largest absolute Gasteiger partial charge is 0.489 e. The Morgan fingerprint density at radius 1 is 1.28 bits per heavy atom. The molecule has 2 aromatic carbocycles. The minimum Gasteiger partial charge on any atom is -0.489 e. The molecule has 2 aromatic rings. The Balaban J connectivity index is 2.14. The first-order valence-electron chi connectivity index (χ1n) is 5.50. The third kappa shape index (κ3) is 2.98. The van der Waals surface area contributed by atoms with Crippen molar-refractivity contribution in [1.29, 1.82) is 0 Å². The van der Waals surface area contributed by atoms with Crippen molar-refractivity contribution in [3.63, 3.8) is 0 Å². The normalized spacial score (nSPS) is 10.4. The van der Waals surface area contributed by atoms with E-state index in [0.717, 1.165) is 21.3 Å². The van der Waals surface area contributed by atoms with Gasteiger partial charge in [0.2, 0.25) is 0 Å². The zero-order valence-corrected chi connectivity index (χ0v) is 12.3. The van der Waals surface area contributed by atoms with Crippen molar-refractivity contribution in [2.45, 2.75) is 13.5 Å². The fourth-order valence-corrected chi connectivity index (χ4v) is 2.07. The molecule has 0 bridgehead atoms. The summed E-state index contributed by atoms with van der Waals surface area (Å²) in [4.78, 5) is 0. The van der Waals surface area contributed by atoms with Crippen LogP contribution in [0.3, 0.4) is 0 Å². The summed E-state index contributed by atoms with van der Waals surface area (Å²) in [6, 6.07) is 11.3. The standard InChI is InChI=1S/C14H13BrClNO/c1-9-7-10(5-6-12(9)15)18-8-11-13(16)3-2-4-14(11)17/h2-7H,8,17H2,1H3. The van der Waals surface area contributed by atoms with Crippen LogP contribution in [0.4, 0.5) is 5.69 Å². The molecular weight excluding hydrogens is 314 g/mol. The quantitative estimate of drug-likeness (QED) is 0.838. The Hall–Kier alpha value is -1.19. The highest BCUT2D eigenvalue weighted by Gasteiger charge is 2.06. The lowest BCUT2D eigenvalue weighted by Crippen LogP contribution is -2.01. The molecule has 4 heteroatoms. The van der Waals surface area contributed by atoms with E-state index in [1.54, 1.807) is 0 Å². The maximum absolute atomic E-state index is 6.08. The maximum atomic E-state index is 6.08. The van der Waals surface area contributed by atoms with Crippen LogP contribution in [-0.4, -0.2) is 0 Å². The molecule has 2 rings (SSSR count). The zero-order valence-electron chi connectivity index (χ0n) is 9.91. The van der Waals surface area contributed by atoms with Gasteiger partial charge in [0.05, 0.1) is 0 Å². The highest BCUT2D eigenvalue weighted by Crippen LogP contribution is 2.26. The number of nitrogens with two attached hydrogens (primary N) is 1. The Kier molecular flexibility index (Phi) is 4.15. The minimum atomic E-state index is 0.368. The van der Waals surface area contributed by atoms with Gasteiger partial charge in [-0.3, -0.25) is 0 Å². The Bertz CT molecular complexity index is 551. The number of benzene rings is 2. The van der Waals surface area contributed by atoms with Gasteiger partial charge in [0.15, 0.2) is 0 Å². The molecule has 0 unspecified atom stereocenters. The van der Waals surface area contributed by atoms with E-state index < -0.39 is 0 Å². The van der Waals surface area contributed by atoms with Gasteiger partial charge < -0.3 is 10.5 Å². The van der Waals surface area contributed by atoms with Crippen LogP contribution in [0.2, 0.25) is 5.02 Å². The number of nitrogen functional groups attached to an aromatic ring is 1. The molecule has 0 aliphatic heterocycles. The average Bonchev–Trinajstić information content (AvgIpc) is 2.33. The monoisotopic (exact) mass is 325 g/mol.